The standard InChI is InChI=1S/C13H18O9/c14-5-1-19-9-7(5)21-3-12(9,17)11(16)13(18)4-22-8-6(15)2-20-10(8)13/h5-10,14-15,17-18H,1-4H2/t5-,6-,7-,8-,9+,10+,12-,13-/m1/s1. The summed E-state index contributed by atoms with van der Waals surface area (Å²) in [5, 5.41) is 40.9. The summed E-state index contributed by atoms with van der Waals surface area (Å²) in [6.07, 6.45) is -5.59. The largest absolute Gasteiger partial charge is 0.388 e. The summed E-state index contributed by atoms with van der Waals surface area (Å²) >= 11 is 0. The lowest BCUT2D eigenvalue weighted by atomic mass is 9.79. The fourth-order valence-electron chi connectivity index (χ4n) is 3.78. The molecule has 22 heavy (non-hydrogen) atoms. The van der Waals surface area contributed by atoms with Gasteiger partial charge in [0.25, 0.3) is 0 Å². The second-order valence-corrected chi connectivity index (χ2v) is 6.37. The molecule has 0 saturated carbocycles. The molecule has 0 aromatic carbocycles. The van der Waals surface area contributed by atoms with E-state index in [0.717, 1.165) is 0 Å². The maximum Gasteiger partial charge on any atom is 0.206 e. The maximum absolute atomic E-state index is 12.8. The third-order valence-corrected chi connectivity index (χ3v) is 4.97. The van der Waals surface area contributed by atoms with Gasteiger partial charge in [-0.3, -0.25) is 4.79 Å². The van der Waals surface area contributed by atoms with Crippen molar-refractivity contribution >= 4 is 5.78 Å². The van der Waals surface area contributed by atoms with Crippen molar-refractivity contribution in [1.82, 2.24) is 0 Å². The van der Waals surface area contributed by atoms with Gasteiger partial charge in [-0.05, 0) is 0 Å². The van der Waals surface area contributed by atoms with E-state index in [-0.39, 0.29) is 26.4 Å². The van der Waals surface area contributed by atoms with Gasteiger partial charge in [-0.15, -0.1) is 0 Å². The van der Waals surface area contributed by atoms with E-state index in [2.05, 4.69) is 0 Å². The van der Waals surface area contributed by atoms with Gasteiger partial charge in [0.05, 0.1) is 26.4 Å². The lowest BCUT2D eigenvalue weighted by Gasteiger charge is -2.34. The highest BCUT2D eigenvalue weighted by molar-refractivity contribution is 5.97. The van der Waals surface area contributed by atoms with E-state index in [9.17, 15) is 25.2 Å². The van der Waals surface area contributed by atoms with Crippen LogP contribution >= 0.6 is 0 Å². The normalized spacial score (nSPS) is 57.1. The van der Waals surface area contributed by atoms with Crippen LogP contribution in [0, 0.1) is 0 Å². The second kappa shape index (κ2) is 4.68. The van der Waals surface area contributed by atoms with Crippen LogP contribution in [0.3, 0.4) is 0 Å². The number of ether oxygens (including phenoxy) is 4. The zero-order valence-electron chi connectivity index (χ0n) is 11.6. The molecule has 4 aliphatic rings. The zero-order chi connectivity index (χ0) is 15.7. The van der Waals surface area contributed by atoms with E-state index < -0.39 is 53.6 Å². The van der Waals surface area contributed by atoms with Crippen LogP contribution in [0.2, 0.25) is 0 Å². The van der Waals surface area contributed by atoms with Gasteiger partial charge in [-0.2, -0.15) is 0 Å². The molecule has 4 fully saturated rings. The van der Waals surface area contributed by atoms with E-state index in [0.29, 0.717) is 0 Å². The SMILES string of the molecule is O=C([C@@]1(O)CO[C@@H]2[C@H](O)CO[C@@H]21)[C@@]1(O)CO[C@@H]2[C@H](O)CO[C@@H]21. The lowest BCUT2D eigenvalue weighted by Crippen LogP contribution is -2.63. The molecule has 0 unspecified atom stereocenters. The number of Topliss-reactive ketones (excluding diaryl/α,β-unsaturated/α-hetero) is 1. The topological polar surface area (TPSA) is 135 Å². The zero-order valence-corrected chi connectivity index (χ0v) is 11.6. The molecule has 9 heteroatoms. The van der Waals surface area contributed by atoms with Crippen molar-refractivity contribution in [1.29, 1.82) is 0 Å². The third-order valence-electron chi connectivity index (χ3n) is 4.97. The third kappa shape index (κ3) is 1.73. The predicted octanol–water partition coefficient (Wildman–Crippen LogP) is -3.67. The fraction of sp³-hybridized carbons (Fsp3) is 0.923. The van der Waals surface area contributed by atoms with Gasteiger partial charge < -0.3 is 39.4 Å². The molecule has 8 atom stereocenters. The molecular weight excluding hydrogens is 300 g/mol. The van der Waals surface area contributed by atoms with Crippen molar-refractivity contribution in [2.24, 2.45) is 0 Å². The van der Waals surface area contributed by atoms with Crippen molar-refractivity contribution in [3.05, 3.63) is 0 Å². The Morgan fingerprint density at radius 3 is 1.64 bits per heavy atom. The molecule has 4 saturated heterocycles. The number of hydrogen-bond acceptors (Lipinski definition) is 9. The Bertz CT molecular complexity index is 456. The van der Waals surface area contributed by atoms with Crippen LogP contribution in [0.25, 0.3) is 0 Å². The van der Waals surface area contributed by atoms with Gasteiger partial charge in [0.2, 0.25) is 5.78 Å². The van der Waals surface area contributed by atoms with Gasteiger partial charge >= 0.3 is 0 Å². The fourth-order valence-corrected chi connectivity index (χ4v) is 3.78. The van der Waals surface area contributed by atoms with E-state index in [4.69, 9.17) is 18.9 Å². The molecule has 4 heterocycles. The smallest absolute Gasteiger partial charge is 0.206 e. The Morgan fingerprint density at radius 2 is 1.23 bits per heavy atom. The van der Waals surface area contributed by atoms with Gasteiger partial charge in [0.15, 0.2) is 11.2 Å². The molecule has 0 spiro atoms. The first-order chi connectivity index (χ1) is 10.4. The van der Waals surface area contributed by atoms with E-state index in [1.54, 1.807) is 0 Å². The molecule has 4 N–H and O–H groups in total. The first-order valence-electron chi connectivity index (χ1n) is 7.20. The molecule has 124 valence electrons. The number of carbonyl (C=O) groups is 1. The van der Waals surface area contributed by atoms with E-state index in [1.807, 2.05) is 0 Å². The van der Waals surface area contributed by atoms with Crippen molar-refractivity contribution in [3.63, 3.8) is 0 Å². The number of fused-ring (bicyclic) bond motifs is 2. The number of aliphatic hydroxyl groups is 4. The summed E-state index contributed by atoms with van der Waals surface area (Å²) in [5.74, 6) is -0.928. The van der Waals surface area contributed by atoms with Gasteiger partial charge in [0, 0.05) is 0 Å². The van der Waals surface area contributed by atoms with Crippen LogP contribution < -0.4 is 0 Å². The number of hydrogen-bond donors (Lipinski definition) is 4. The highest BCUT2D eigenvalue weighted by atomic mass is 16.6. The minimum atomic E-state index is -2.09. The molecule has 4 rings (SSSR count). The summed E-state index contributed by atoms with van der Waals surface area (Å²) < 4.78 is 21.1. The van der Waals surface area contributed by atoms with E-state index in [1.165, 1.54) is 0 Å². The molecule has 0 aliphatic carbocycles. The molecule has 0 radical (unpaired) electrons. The van der Waals surface area contributed by atoms with Crippen molar-refractivity contribution in [3.8, 4) is 0 Å². The van der Waals surface area contributed by atoms with E-state index >= 15 is 0 Å². The Labute approximate surface area is 125 Å². The summed E-state index contributed by atoms with van der Waals surface area (Å²) in [6, 6.07) is 0. The lowest BCUT2D eigenvalue weighted by molar-refractivity contribution is -0.176. The monoisotopic (exact) mass is 318 g/mol. The van der Waals surface area contributed by atoms with Gasteiger partial charge in [-0.25, -0.2) is 0 Å². The Morgan fingerprint density at radius 1 is 0.818 bits per heavy atom. The molecule has 0 bridgehead atoms. The van der Waals surface area contributed by atoms with Crippen LogP contribution in [0.4, 0.5) is 0 Å². The summed E-state index contributed by atoms with van der Waals surface area (Å²) in [4.78, 5) is 12.8. The number of carbonyl (C=O) groups excluding carboxylic acids is 1. The Kier molecular flexibility index (Phi) is 3.17. The van der Waals surface area contributed by atoms with Crippen molar-refractivity contribution in [2.45, 2.75) is 47.8 Å². The van der Waals surface area contributed by atoms with Gasteiger partial charge in [0.1, 0.15) is 36.6 Å². The summed E-state index contributed by atoms with van der Waals surface area (Å²) in [5.41, 5.74) is -4.18. The average molecular weight is 318 g/mol. The molecule has 9 nitrogen and oxygen atoms in total. The number of rotatable bonds is 2. The van der Waals surface area contributed by atoms with Gasteiger partial charge in [-0.1, -0.05) is 0 Å². The first kappa shape index (κ1) is 14.9. The van der Waals surface area contributed by atoms with Crippen molar-refractivity contribution in [2.75, 3.05) is 26.4 Å². The van der Waals surface area contributed by atoms with Crippen LogP contribution in [0.15, 0.2) is 0 Å². The molecule has 0 amide bonds. The molecule has 0 aromatic rings. The van der Waals surface area contributed by atoms with Crippen molar-refractivity contribution < 1.29 is 44.2 Å². The number of aliphatic hydroxyl groups excluding tert-OH is 2. The first-order valence-corrected chi connectivity index (χ1v) is 7.20. The minimum absolute atomic E-state index is 0.0544. The Balaban J connectivity index is 1.62. The quantitative estimate of drug-likeness (QED) is 0.406. The maximum atomic E-state index is 12.8. The molecular formula is C13H18O9. The van der Waals surface area contributed by atoms with Crippen LogP contribution in [-0.2, 0) is 23.7 Å². The average Bonchev–Trinajstić information content (AvgIpc) is 3.20. The van der Waals surface area contributed by atoms with Crippen LogP contribution in [-0.4, -0.2) is 100 Å². The highest BCUT2D eigenvalue weighted by Gasteiger charge is 2.68. The van der Waals surface area contributed by atoms with Crippen LogP contribution in [0.1, 0.15) is 0 Å². The minimum Gasteiger partial charge on any atom is -0.388 e. The highest BCUT2D eigenvalue weighted by Crippen LogP contribution is 2.42. The summed E-state index contributed by atoms with van der Waals surface area (Å²) in [7, 11) is 0. The molecule has 0 aromatic heterocycles. The Hall–Kier alpha value is -0.650. The molecule has 4 aliphatic heterocycles. The number of ketones is 1. The van der Waals surface area contributed by atoms with Crippen LogP contribution in [0.5, 0.6) is 0 Å². The summed E-state index contributed by atoms with van der Waals surface area (Å²) in [6.45, 7) is -0.886. The second-order valence-electron chi connectivity index (χ2n) is 6.37. The predicted molar refractivity (Wildman–Crippen MR) is 65.9 cm³/mol.